The van der Waals surface area contributed by atoms with E-state index in [1.165, 1.54) is 4.68 Å². The van der Waals surface area contributed by atoms with Crippen molar-refractivity contribution >= 4 is 16.5 Å². The Balaban J connectivity index is 1.59. The van der Waals surface area contributed by atoms with Gasteiger partial charge in [0.1, 0.15) is 0 Å². The number of aryl methyl sites for hydroxylation is 2. The van der Waals surface area contributed by atoms with E-state index < -0.39 is 0 Å². The van der Waals surface area contributed by atoms with Crippen molar-refractivity contribution in [1.29, 1.82) is 0 Å². The molecule has 0 saturated carbocycles. The molecule has 0 radical (unpaired) electrons. The second kappa shape index (κ2) is 7.46. The van der Waals surface area contributed by atoms with Crippen LogP contribution in [-0.4, -0.2) is 40.7 Å². The van der Waals surface area contributed by atoms with E-state index in [-0.39, 0.29) is 5.56 Å². The standard InChI is InChI=1S/C24H24N4O2/c1-17-22-16-25-28(21-10-8-19(9-11-21)26-12-14-30-15-13-26)24(29)23(22)18(2)27(17)20-6-4-3-5-7-20/h3-11,16H,12-15H2,1-2H3. The molecule has 6 heteroatoms. The van der Waals surface area contributed by atoms with Crippen molar-refractivity contribution in [3.05, 3.63) is 82.5 Å². The lowest BCUT2D eigenvalue weighted by molar-refractivity contribution is 0.122. The Hall–Kier alpha value is -3.38. The molecule has 0 N–H and O–H groups in total. The summed E-state index contributed by atoms with van der Waals surface area (Å²) in [4.78, 5) is 15.7. The minimum absolute atomic E-state index is 0.0955. The van der Waals surface area contributed by atoms with E-state index in [2.05, 4.69) is 26.7 Å². The first kappa shape index (κ1) is 18.6. The van der Waals surface area contributed by atoms with E-state index >= 15 is 0 Å². The van der Waals surface area contributed by atoms with Crippen molar-refractivity contribution in [2.24, 2.45) is 0 Å². The maximum atomic E-state index is 13.4. The predicted octanol–water partition coefficient (Wildman–Crippen LogP) is 3.63. The summed E-state index contributed by atoms with van der Waals surface area (Å²) in [6.07, 6.45) is 1.80. The molecule has 1 aliphatic heterocycles. The normalized spacial score (nSPS) is 14.4. The molecule has 0 bridgehead atoms. The number of anilines is 1. The molecule has 1 saturated heterocycles. The Morgan fingerprint density at radius 3 is 2.20 bits per heavy atom. The van der Waals surface area contributed by atoms with Gasteiger partial charge in [0.05, 0.1) is 30.5 Å². The summed E-state index contributed by atoms with van der Waals surface area (Å²) < 4.78 is 9.04. The number of ether oxygens (including phenoxy) is 1. The van der Waals surface area contributed by atoms with Crippen LogP contribution in [0, 0.1) is 13.8 Å². The highest BCUT2D eigenvalue weighted by atomic mass is 16.5. The van der Waals surface area contributed by atoms with Gasteiger partial charge in [0.15, 0.2) is 0 Å². The number of nitrogens with zero attached hydrogens (tertiary/aromatic N) is 4. The molecule has 5 rings (SSSR count). The minimum Gasteiger partial charge on any atom is -0.378 e. The van der Waals surface area contributed by atoms with Crippen LogP contribution in [0.25, 0.3) is 22.1 Å². The lowest BCUT2D eigenvalue weighted by Gasteiger charge is -2.28. The third-order valence-electron chi connectivity index (χ3n) is 5.89. The van der Waals surface area contributed by atoms with Crippen LogP contribution in [0.2, 0.25) is 0 Å². The molecule has 0 unspecified atom stereocenters. The zero-order valence-corrected chi connectivity index (χ0v) is 17.2. The van der Waals surface area contributed by atoms with Crippen LogP contribution in [0.5, 0.6) is 0 Å². The van der Waals surface area contributed by atoms with Crippen molar-refractivity contribution in [3.8, 4) is 11.4 Å². The molecule has 4 aromatic rings. The van der Waals surface area contributed by atoms with Crippen molar-refractivity contribution in [3.63, 3.8) is 0 Å². The van der Waals surface area contributed by atoms with Crippen LogP contribution >= 0.6 is 0 Å². The van der Waals surface area contributed by atoms with Gasteiger partial charge in [-0.2, -0.15) is 9.78 Å². The Labute approximate surface area is 174 Å². The molecular weight excluding hydrogens is 376 g/mol. The fraction of sp³-hybridized carbons (Fsp3) is 0.250. The zero-order valence-electron chi connectivity index (χ0n) is 17.2. The maximum Gasteiger partial charge on any atom is 0.281 e. The van der Waals surface area contributed by atoms with Gasteiger partial charge in [-0.1, -0.05) is 18.2 Å². The molecule has 2 aromatic carbocycles. The number of hydrogen-bond donors (Lipinski definition) is 0. The second-order valence-corrected chi connectivity index (χ2v) is 7.61. The van der Waals surface area contributed by atoms with Gasteiger partial charge in [-0.3, -0.25) is 4.79 Å². The van der Waals surface area contributed by atoms with Gasteiger partial charge in [-0.15, -0.1) is 0 Å². The first-order valence-corrected chi connectivity index (χ1v) is 10.2. The maximum absolute atomic E-state index is 13.4. The topological polar surface area (TPSA) is 52.3 Å². The minimum atomic E-state index is -0.0955. The van der Waals surface area contributed by atoms with Crippen LogP contribution in [0.15, 0.2) is 65.6 Å². The number of morpholine rings is 1. The second-order valence-electron chi connectivity index (χ2n) is 7.61. The van der Waals surface area contributed by atoms with Crippen molar-refractivity contribution in [2.45, 2.75) is 13.8 Å². The van der Waals surface area contributed by atoms with Crippen LogP contribution < -0.4 is 10.5 Å². The average Bonchev–Trinajstić information content (AvgIpc) is 3.06. The molecule has 2 aromatic heterocycles. The Morgan fingerprint density at radius 1 is 0.833 bits per heavy atom. The first-order valence-electron chi connectivity index (χ1n) is 10.2. The molecule has 1 aliphatic rings. The fourth-order valence-corrected chi connectivity index (χ4v) is 4.34. The van der Waals surface area contributed by atoms with Gasteiger partial charge in [0.2, 0.25) is 0 Å². The first-order chi connectivity index (χ1) is 14.6. The van der Waals surface area contributed by atoms with Crippen LogP contribution in [0.3, 0.4) is 0 Å². The van der Waals surface area contributed by atoms with Crippen LogP contribution in [0.1, 0.15) is 11.4 Å². The van der Waals surface area contributed by atoms with E-state index in [9.17, 15) is 4.79 Å². The summed E-state index contributed by atoms with van der Waals surface area (Å²) in [5.74, 6) is 0. The smallest absolute Gasteiger partial charge is 0.281 e. The van der Waals surface area contributed by atoms with E-state index in [0.717, 1.165) is 60.1 Å². The molecule has 30 heavy (non-hydrogen) atoms. The molecule has 0 spiro atoms. The van der Waals surface area contributed by atoms with E-state index in [1.54, 1.807) is 6.20 Å². The third-order valence-corrected chi connectivity index (χ3v) is 5.89. The monoisotopic (exact) mass is 400 g/mol. The molecule has 0 atom stereocenters. The summed E-state index contributed by atoms with van der Waals surface area (Å²) in [6.45, 7) is 7.29. The predicted molar refractivity (Wildman–Crippen MR) is 119 cm³/mol. The highest BCUT2D eigenvalue weighted by molar-refractivity contribution is 5.88. The van der Waals surface area contributed by atoms with Gasteiger partial charge >= 0.3 is 0 Å². The van der Waals surface area contributed by atoms with E-state index in [1.807, 2.05) is 56.3 Å². The molecule has 3 heterocycles. The molecule has 0 amide bonds. The lowest BCUT2D eigenvalue weighted by Crippen LogP contribution is -2.36. The number of benzene rings is 2. The molecule has 1 fully saturated rings. The van der Waals surface area contributed by atoms with Gasteiger partial charge in [0, 0.05) is 41.2 Å². The Morgan fingerprint density at radius 2 is 1.50 bits per heavy atom. The lowest BCUT2D eigenvalue weighted by atomic mass is 10.2. The average molecular weight is 400 g/mol. The quantitative estimate of drug-likeness (QED) is 0.527. The van der Waals surface area contributed by atoms with Gasteiger partial charge < -0.3 is 14.2 Å². The highest BCUT2D eigenvalue weighted by Gasteiger charge is 2.18. The highest BCUT2D eigenvalue weighted by Crippen LogP contribution is 2.26. The number of hydrogen-bond acceptors (Lipinski definition) is 4. The third kappa shape index (κ3) is 3.00. The number of fused-ring (bicyclic) bond motifs is 1. The molecule has 0 aliphatic carbocycles. The van der Waals surface area contributed by atoms with Crippen molar-refractivity contribution in [2.75, 3.05) is 31.2 Å². The molecular formula is C24H24N4O2. The zero-order chi connectivity index (χ0) is 20.7. The fourth-order valence-electron chi connectivity index (χ4n) is 4.34. The van der Waals surface area contributed by atoms with E-state index in [0.29, 0.717) is 5.39 Å². The number of aromatic nitrogens is 3. The summed E-state index contributed by atoms with van der Waals surface area (Å²) in [5.41, 5.74) is 4.81. The van der Waals surface area contributed by atoms with Crippen LogP contribution in [-0.2, 0) is 4.74 Å². The Kier molecular flexibility index (Phi) is 4.64. The number of rotatable bonds is 3. The summed E-state index contributed by atoms with van der Waals surface area (Å²) in [5, 5.41) is 6.09. The van der Waals surface area contributed by atoms with Gasteiger partial charge in [-0.25, -0.2) is 0 Å². The van der Waals surface area contributed by atoms with Gasteiger partial charge in [0.25, 0.3) is 5.56 Å². The van der Waals surface area contributed by atoms with Crippen LogP contribution in [0.4, 0.5) is 5.69 Å². The van der Waals surface area contributed by atoms with Crippen molar-refractivity contribution < 1.29 is 4.74 Å². The number of para-hydroxylation sites is 1. The van der Waals surface area contributed by atoms with Gasteiger partial charge in [-0.05, 0) is 50.2 Å². The Bertz CT molecular complexity index is 1250. The molecule has 152 valence electrons. The molecule has 6 nitrogen and oxygen atoms in total. The summed E-state index contributed by atoms with van der Waals surface area (Å²) >= 11 is 0. The summed E-state index contributed by atoms with van der Waals surface area (Å²) in [7, 11) is 0. The largest absolute Gasteiger partial charge is 0.378 e. The van der Waals surface area contributed by atoms with E-state index in [4.69, 9.17) is 4.74 Å². The summed E-state index contributed by atoms with van der Waals surface area (Å²) in [6, 6.07) is 18.1. The van der Waals surface area contributed by atoms with Crippen molar-refractivity contribution in [1.82, 2.24) is 14.3 Å². The SMILES string of the molecule is Cc1c2cnn(-c3ccc(N4CCOCC4)cc3)c(=O)c2c(C)n1-c1ccccc1.